The summed E-state index contributed by atoms with van der Waals surface area (Å²) in [5.74, 6) is -0.220. The van der Waals surface area contributed by atoms with E-state index in [1.165, 1.54) is 0 Å². The van der Waals surface area contributed by atoms with Gasteiger partial charge in [-0.1, -0.05) is 6.92 Å². The summed E-state index contributed by atoms with van der Waals surface area (Å²) in [6, 6.07) is 1.98. The molecule has 4 N–H and O–H groups in total. The molecule has 96 valence electrons. The maximum absolute atomic E-state index is 11.9. The van der Waals surface area contributed by atoms with Crippen molar-refractivity contribution >= 4 is 5.91 Å². The molecule has 0 bridgehead atoms. The minimum absolute atomic E-state index is 0.312. The first kappa shape index (κ1) is 13.9. The minimum atomic E-state index is -1.46. The quantitative estimate of drug-likeness (QED) is 0.481. The minimum Gasteiger partial charge on any atom is -0.394 e. The molecule has 0 saturated heterocycles. The van der Waals surface area contributed by atoms with Crippen LogP contribution in [0.2, 0.25) is 0 Å². The molecule has 0 aliphatic heterocycles. The lowest BCUT2D eigenvalue weighted by Crippen LogP contribution is -2.61. The zero-order chi connectivity index (χ0) is 13.1. The van der Waals surface area contributed by atoms with Crippen LogP contribution in [0.4, 0.5) is 0 Å². The molecule has 1 saturated carbocycles. The molecule has 1 rings (SSSR count). The number of hydrogen-bond acceptors (Lipinski definition) is 5. The van der Waals surface area contributed by atoms with Crippen molar-refractivity contribution in [3.63, 3.8) is 0 Å². The van der Waals surface area contributed by atoms with E-state index in [4.69, 9.17) is 20.6 Å². The van der Waals surface area contributed by atoms with Crippen molar-refractivity contribution in [3.8, 4) is 6.07 Å². The second-order valence-electron chi connectivity index (χ2n) is 4.92. The summed E-state index contributed by atoms with van der Waals surface area (Å²) in [6.45, 7) is 0.203. The molecule has 0 spiro atoms. The van der Waals surface area contributed by atoms with E-state index in [0.717, 1.165) is 0 Å². The molecule has 0 atom stereocenters. The SMILES string of the molecule is CC1CC(C#N)(C(=O)NC(CO)(CO)CO)C1. The van der Waals surface area contributed by atoms with Gasteiger partial charge >= 0.3 is 0 Å². The highest BCUT2D eigenvalue weighted by molar-refractivity contribution is 5.87. The van der Waals surface area contributed by atoms with Gasteiger partial charge in [-0.15, -0.1) is 0 Å². The van der Waals surface area contributed by atoms with Gasteiger partial charge in [0.05, 0.1) is 25.9 Å². The Morgan fingerprint density at radius 2 is 1.88 bits per heavy atom. The average Bonchev–Trinajstić information content (AvgIpc) is 2.31. The predicted molar refractivity (Wildman–Crippen MR) is 58.6 cm³/mol. The molecule has 1 aliphatic carbocycles. The van der Waals surface area contributed by atoms with Crippen LogP contribution in [-0.4, -0.2) is 46.6 Å². The third kappa shape index (κ3) is 2.41. The molecule has 0 unspecified atom stereocenters. The fraction of sp³-hybridized carbons (Fsp3) is 0.818. The Balaban J connectivity index is 2.75. The maximum atomic E-state index is 11.9. The Morgan fingerprint density at radius 3 is 2.18 bits per heavy atom. The van der Waals surface area contributed by atoms with Gasteiger partial charge in [-0.25, -0.2) is 0 Å². The van der Waals surface area contributed by atoms with E-state index in [1.54, 1.807) is 0 Å². The van der Waals surface area contributed by atoms with Crippen LogP contribution in [0.3, 0.4) is 0 Å². The summed E-state index contributed by atoms with van der Waals surface area (Å²) in [4.78, 5) is 11.9. The number of rotatable bonds is 5. The smallest absolute Gasteiger partial charge is 0.241 e. The number of carbonyl (C=O) groups is 1. The van der Waals surface area contributed by atoms with Gasteiger partial charge < -0.3 is 20.6 Å². The van der Waals surface area contributed by atoms with Crippen LogP contribution in [0, 0.1) is 22.7 Å². The lowest BCUT2D eigenvalue weighted by atomic mass is 9.63. The third-order valence-corrected chi connectivity index (χ3v) is 3.33. The van der Waals surface area contributed by atoms with Gasteiger partial charge in [0, 0.05) is 0 Å². The van der Waals surface area contributed by atoms with E-state index in [9.17, 15) is 4.79 Å². The van der Waals surface area contributed by atoms with Crippen LogP contribution in [0.25, 0.3) is 0 Å². The molecule has 0 aromatic heterocycles. The zero-order valence-corrected chi connectivity index (χ0v) is 9.81. The largest absolute Gasteiger partial charge is 0.394 e. The van der Waals surface area contributed by atoms with Gasteiger partial charge in [-0.2, -0.15) is 5.26 Å². The van der Waals surface area contributed by atoms with Crippen LogP contribution < -0.4 is 5.32 Å². The molecular formula is C11H18N2O4. The maximum Gasteiger partial charge on any atom is 0.241 e. The third-order valence-electron chi connectivity index (χ3n) is 3.33. The highest BCUT2D eigenvalue weighted by Crippen LogP contribution is 2.45. The highest BCUT2D eigenvalue weighted by Gasteiger charge is 2.50. The van der Waals surface area contributed by atoms with Gasteiger partial charge in [0.2, 0.25) is 5.91 Å². The van der Waals surface area contributed by atoms with E-state index in [0.29, 0.717) is 18.8 Å². The van der Waals surface area contributed by atoms with E-state index in [1.807, 2.05) is 13.0 Å². The van der Waals surface area contributed by atoms with Crippen molar-refractivity contribution in [3.05, 3.63) is 0 Å². The fourth-order valence-electron chi connectivity index (χ4n) is 2.09. The van der Waals surface area contributed by atoms with Gasteiger partial charge in [0.1, 0.15) is 11.0 Å². The van der Waals surface area contributed by atoms with Crippen LogP contribution >= 0.6 is 0 Å². The second-order valence-corrected chi connectivity index (χ2v) is 4.92. The Bertz CT molecular complexity index is 319. The molecule has 17 heavy (non-hydrogen) atoms. The van der Waals surface area contributed by atoms with E-state index < -0.39 is 36.7 Å². The summed E-state index contributed by atoms with van der Waals surface area (Å²) >= 11 is 0. The first-order valence-corrected chi connectivity index (χ1v) is 5.54. The summed E-state index contributed by atoms with van der Waals surface area (Å²) < 4.78 is 0. The first-order chi connectivity index (χ1) is 7.97. The molecule has 0 heterocycles. The lowest BCUT2D eigenvalue weighted by molar-refractivity contribution is -0.138. The number of aliphatic hydroxyl groups is 3. The van der Waals surface area contributed by atoms with Gasteiger partial charge in [0.25, 0.3) is 0 Å². The number of amides is 1. The molecule has 1 aliphatic rings. The second kappa shape index (κ2) is 5.00. The Morgan fingerprint density at radius 1 is 1.41 bits per heavy atom. The molecule has 0 aromatic carbocycles. The highest BCUT2D eigenvalue weighted by atomic mass is 16.3. The average molecular weight is 242 g/mol. The molecule has 0 radical (unpaired) electrons. The molecule has 6 nitrogen and oxygen atoms in total. The first-order valence-electron chi connectivity index (χ1n) is 5.54. The number of nitriles is 1. The van der Waals surface area contributed by atoms with E-state index >= 15 is 0 Å². The standard InChI is InChI=1S/C11H18N2O4/c1-8-2-10(3-8,4-12)9(17)13-11(5-14,6-15)7-16/h8,14-16H,2-3,5-7H2,1H3,(H,13,17). The Labute approximate surface area is 99.9 Å². The Hall–Kier alpha value is -1.16. The summed E-state index contributed by atoms with van der Waals surface area (Å²) in [6.07, 6.45) is 0.932. The molecule has 1 amide bonds. The van der Waals surface area contributed by atoms with Gasteiger partial charge in [0.15, 0.2) is 0 Å². The number of aliphatic hydroxyl groups excluding tert-OH is 3. The topological polar surface area (TPSA) is 114 Å². The van der Waals surface area contributed by atoms with Crippen molar-refractivity contribution in [1.82, 2.24) is 5.32 Å². The van der Waals surface area contributed by atoms with Crippen LogP contribution in [0.5, 0.6) is 0 Å². The molecule has 0 aromatic rings. The van der Waals surface area contributed by atoms with Gasteiger partial charge in [-0.05, 0) is 18.8 Å². The van der Waals surface area contributed by atoms with Crippen LogP contribution in [-0.2, 0) is 4.79 Å². The zero-order valence-electron chi connectivity index (χ0n) is 9.81. The summed E-state index contributed by atoms with van der Waals surface area (Å²) in [5.41, 5.74) is -2.54. The number of nitrogens with one attached hydrogen (secondary N) is 1. The van der Waals surface area contributed by atoms with Crippen LogP contribution in [0.15, 0.2) is 0 Å². The predicted octanol–water partition coefficient (Wildman–Crippen LogP) is -1.24. The molecule has 6 heteroatoms. The Kier molecular flexibility index (Phi) is 4.09. The van der Waals surface area contributed by atoms with Gasteiger partial charge in [-0.3, -0.25) is 4.79 Å². The number of hydrogen-bond donors (Lipinski definition) is 4. The van der Waals surface area contributed by atoms with E-state index in [2.05, 4.69) is 5.32 Å². The monoisotopic (exact) mass is 242 g/mol. The normalized spacial score (nSPS) is 28.1. The van der Waals surface area contributed by atoms with Crippen molar-refractivity contribution in [2.75, 3.05) is 19.8 Å². The van der Waals surface area contributed by atoms with Crippen LogP contribution in [0.1, 0.15) is 19.8 Å². The number of nitrogens with zero attached hydrogens (tertiary/aromatic N) is 1. The molecular weight excluding hydrogens is 224 g/mol. The summed E-state index contributed by atoms with van der Waals surface area (Å²) in [5, 5.41) is 38.7. The van der Waals surface area contributed by atoms with Crippen molar-refractivity contribution in [2.45, 2.75) is 25.3 Å². The van der Waals surface area contributed by atoms with Crippen molar-refractivity contribution < 1.29 is 20.1 Å². The molecule has 1 fully saturated rings. The number of carbonyl (C=O) groups excluding carboxylic acids is 1. The lowest BCUT2D eigenvalue weighted by Gasteiger charge is -2.41. The fourth-order valence-corrected chi connectivity index (χ4v) is 2.09. The van der Waals surface area contributed by atoms with Crippen molar-refractivity contribution in [1.29, 1.82) is 5.26 Å². The van der Waals surface area contributed by atoms with Crippen molar-refractivity contribution in [2.24, 2.45) is 11.3 Å². The summed E-state index contributed by atoms with van der Waals surface area (Å²) in [7, 11) is 0. The van der Waals surface area contributed by atoms with E-state index in [-0.39, 0.29) is 0 Å².